The van der Waals surface area contributed by atoms with E-state index in [-0.39, 0.29) is 5.56 Å². The Balaban J connectivity index is 1.79. The molecule has 0 unspecified atom stereocenters. The van der Waals surface area contributed by atoms with Crippen molar-refractivity contribution in [1.29, 1.82) is 0 Å². The van der Waals surface area contributed by atoms with E-state index < -0.39 is 0 Å². The first-order valence-electron chi connectivity index (χ1n) is 8.63. The summed E-state index contributed by atoms with van der Waals surface area (Å²) in [5.41, 5.74) is 2.36. The van der Waals surface area contributed by atoms with Crippen LogP contribution in [-0.2, 0) is 0 Å². The van der Waals surface area contributed by atoms with E-state index in [9.17, 15) is 4.79 Å². The van der Waals surface area contributed by atoms with E-state index in [1.165, 1.54) is 0 Å². The number of benzene rings is 2. The highest BCUT2D eigenvalue weighted by molar-refractivity contribution is 5.94. The van der Waals surface area contributed by atoms with Gasteiger partial charge in [-0.15, -0.1) is 0 Å². The lowest BCUT2D eigenvalue weighted by Crippen LogP contribution is -2.13. The third kappa shape index (κ3) is 3.25. The molecule has 2 N–H and O–H groups in total. The average Bonchev–Trinajstić information content (AvgIpc) is 2.73. The quantitative estimate of drug-likeness (QED) is 0.553. The van der Waals surface area contributed by atoms with E-state index in [0.717, 1.165) is 17.0 Å². The van der Waals surface area contributed by atoms with Gasteiger partial charge in [0.15, 0.2) is 5.65 Å². The van der Waals surface area contributed by atoms with Gasteiger partial charge in [0.1, 0.15) is 11.5 Å². The van der Waals surface area contributed by atoms with Crippen LogP contribution in [0.4, 0.5) is 11.6 Å². The Morgan fingerprint density at radius 3 is 2.46 bits per heavy atom. The fourth-order valence-electron chi connectivity index (χ4n) is 3.03. The number of rotatable bonds is 5. The van der Waals surface area contributed by atoms with Crippen LogP contribution in [0.15, 0.2) is 65.6 Å². The molecule has 0 bridgehead atoms. The highest BCUT2D eigenvalue weighted by Gasteiger charge is 2.14. The zero-order valence-corrected chi connectivity index (χ0v) is 15.4. The molecule has 0 spiro atoms. The predicted molar refractivity (Wildman–Crippen MR) is 108 cm³/mol. The third-order valence-electron chi connectivity index (χ3n) is 4.36. The molecule has 0 saturated heterocycles. The average molecular weight is 374 g/mol. The number of pyridine rings is 1. The molecule has 4 aromatic rings. The maximum absolute atomic E-state index is 12.8. The molecule has 0 aliphatic rings. The second kappa shape index (κ2) is 7.40. The summed E-state index contributed by atoms with van der Waals surface area (Å²) in [5.74, 6) is 1.73. The topological polar surface area (TPSA) is 89.1 Å². The molecule has 0 aliphatic heterocycles. The lowest BCUT2D eigenvalue weighted by molar-refractivity contribution is 0.415. The van der Waals surface area contributed by atoms with Crippen LogP contribution in [-0.4, -0.2) is 29.2 Å². The molecule has 0 aliphatic carbocycles. The molecule has 2 heterocycles. The van der Waals surface area contributed by atoms with Crippen molar-refractivity contribution in [2.45, 2.75) is 0 Å². The van der Waals surface area contributed by atoms with Gasteiger partial charge in [-0.2, -0.15) is 4.98 Å². The SMILES string of the molecule is COc1ccc(Nc2nc3nccc(-c4ccccc4OC)c3c(=O)[nH]2)cc1. The first-order valence-corrected chi connectivity index (χ1v) is 8.63. The molecule has 0 saturated carbocycles. The first kappa shape index (κ1) is 17.5. The zero-order chi connectivity index (χ0) is 19.5. The fourth-order valence-corrected chi connectivity index (χ4v) is 3.03. The van der Waals surface area contributed by atoms with Crippen molar-refractivity contribution in [1.82, 2.24) is 15.0 Å². The summed E-state index contributed by atoms with van der Waals surface area (Å²) in [5, 5.41) is 3.49. The zero-order valence-electron chi connectivity index (χ0n) is 15.4. The highest BCUT2D eigenvalue weighted by atomic mass is 16.5. The Hall–Kier alpha value is -3.87. The molecule has 4 rings (SSSR count). The molecule has 28 heavy (non-hydrogen) atoms. The first-order chi connectivity index (χ1) is 13.7. The van der Waals surface area contributed by atoms with E-state index in [1.54, 1.807) is 26.5 Å². The fraction of sp³-hybridized carbons (Fsp3) is 0.0952. The maximum atomic E-state index is 12.8. The maximum Gasteiger partial charge on any atom is 0.262 e. The highest BCUT2D eigenvalue weighted by Crippen LogP contribution is 2.32. The van der Waals surface area contributed by atoms with Crippen LogP contribution in [0, 0.1) is 0 Å². The number of aromatic nitrogens is 3. The van der Waals surface area contributed by atoms with Crippen molar-refractivity contribution >= 4 is 22.7 Å². The predicted octanol–water partition coefficient (Wildman–Crippen LogP) is 3.75. The molecule has 140 valence electrons. The summed E-state index contributed by atoms with van der Waals surface area (Å²) in [4.78, 5) is 24.4. The third-order valence-corrected chi connectivity index (χ3v) is 4.36. The summed E-state index contributed by atoms with van der Waals surface area (Å²) < 4.78 is 10.6. The number of methoxy groups -OCH3 is 2. The number of nitrogens with one attached hydrogen (secondary N) is 2. The van der Waals surface area contributed by atoms with Gasteiger partial charge in [0.25, 0.3) is 5.56 Å². The summed E-state index contributed by atoms with van der Waals surface area (Å²) in [6, 6.07) is 16.6. The van der Waals surface area contributed by atoms with E-state index in [2.05, 4.69) is 20.3 Å². The molecule has 7 nitrogen and oxygen atoms in total. The Bertz CT molecular complexity index is 1190. The van der Waals surface area contributed by atoms with Gasteiger partial charge < -0.3 is 14.8 Å². The Morgan fingerprint density at radius 2 is 1.71 bits per heavy atom. The summed E-state index contributed by atoms with van der Waals surface area (Å²) in [7, 11) is 3.21. The number of nitrogens with zero attached hydrogens (tertiary/aromatic N) is 2. The van der Waals surface area contributed by atoms with Gasteiger partial charge in [0, 0.05) is 23.0 Å². The van der Waals surface area contributed by atoms with Crippen LogP contribution in [0.2, 0.25) is 0 Å². The molecular weight excluding hydrogens is 356 g/mol. The molecule has 0 amide bonds. The number of hydrogen-bond donors (Lipinski definition) is 2. The lowest BCUT2D eigenvalue weighted by Gasteiger charge is -2.11. The Labute approximate surface area is 161 Å². The van der Waals surface area contributed by atoms with E-state index in [1.807, 2.05) is 48.5 Å². The van der Waals surface area contributed by atoms with E-state index >= 15 is 0 Å². The van der Waals surface area contributed by atoms with Gasteiger partial charge in [-0.25, -0.2) is 4.98 Å². The largest absolute Gasteiger partial charge is 0.497 e. The molecule has 0 radical (unpaired) electrons. The lowest BCUT2D eigenvalue weighted by atomic mass is 10.0. The number of para-hydroxylation sites is 1. The van der Waals surface area contributed by atoms with Crippen LogP contribution in [0.5, 0.6) is 11.5 Å². The summed E-state index contributed by atoms with van der Waals surface area (Å²) >= 11 is 0. The normalized spacial score (nSPS) is 10.6. The van der Waals surface area contributed by atoms with Crippen molar-refractivity contribution in [2.24, 2.45) is 0 Å². The van der Waals surface area contributed by atoms with Gasteiger partial charge >= 0.3 is 0 Å². The van der Waals surface area contributed by atoms with Crippen molar-refractivity contribution in [2.75, 3.05) is 19.5 Å². The Morgan fingerprint density at radius 1 is 0.929 bits per heavy atom. The van der Waals surface area contributed by atoms with Gasteiger partial charge in [-0.05, 0) is 36.4 Å². The van der Waals surface area contributed by atoms with Gasteiger partial charge in [-0.3, -0.25) is 9.78 Å². The van der Waals surface area contributed by atoms with Crippen LogP contribution < -0.4 is 20.3 Å². The Kier molecular flexibility index (Phi) is 4.63. The van der Waals surface area contributed by atoms with E-state index in [0.29, 0.717) is 28.3 Å². The monoisotopic (exact) mass is 374 g/mol. The van der Waals surface area contributed by atoms with Crippen LogP contribution in [0.25, 0.3) is 22.2 Å². The van der Waals surface area contributed by atoms with E-state index in [4.69, 9.17) is 9.47 Å². The molecular formula is C21H18N4O3. The van der Waals surface area contributed by atoms with Gasteiger partial charge in [-0.1, -0.05) is 18.2 Å². The second-order valence-corrected chi connectivity index (χ2v) is 6.03. The van der Waals surface area contributed by atoms with Crippen molar-refractivity contribution in [3.8, 4) is 22.6 Å². The minimum Gasteiger partial charge on any atom is -0.497 e. The van der Waals surface area contributed by atoms with Crippen molar-refractivity contribution in [3.63, 3.8) is 0 Å². The van der Waals surface area contributed by atoms with Crippen LogP contribution in [0.1, 0.15) is 0 Å². The number of aromatic amines is 1. The molecule has 2 aromatic heterocycles. The number of fused-ring (bicyclic) bond motifs is 1. The molecule has 0 fully saturated rings. The standard InChI is InChI=1S/C21H18N4O3/c1-27-14-9-7-13(8-10-14)23-21-24-19-18(20(26)25-21)16(11-12-22-19)15-5-3-4-6-17(15)28-2/h3-12H,1-2H3,(H2,22,23,24,25,26). The summed E-state index contributed by atoms with van der Waals surface area (Å²) in [6.07, 6.45) is 1.63. The van der Waals surface area contributed by atoms with Crippen LogP contribution in [0.3, 0.4) is 0 Å². The van der Waals surface area contributed by atoms with Crippen molar-refractivity contribution in [3.05, 3.63) is 71.1 Å². The molecule has 7 heteroatoms. The number of ether oxygens (including phenoxy) is 2. The van der Waals surface area contributed by atoms with Gasteiger partial charge in [0.2, 0.25) is 5.95 Å². The molecule has 0 atom stereocenters. The van der Waals surface area contributed by atoms with Crippen LogP contribution >= 0.6 is 0 Å². The smallest absolute Gasteiger partial charge is 0.262 e. The molecule has 2 aromatic carbocycles. The number of hydrogen-bond acceptors (Lipinski definition) is 6. The minimum absolute atomic E-state index is 0.282. The minimum atomic E-state index is -0.282. The van der Waals surface area contributed by atoms with Crippen molar-refractivity contribution < 1.29 is 9.47 Å². The van der Waals surface area contributed by atoms with Gasteiger partial charge in [0.05, 0.1) is 19.6 Å². The summed E-state index contributed by atoms with van der Waals surface area (Å²) in [6.45, 7) is 0. The number of H-pyrrole nitrogens is 1. The number of anilines is 2. The second-order valence-electron chi connectivity index (χ2n) is 6.03.